The van der Waals surface area contributed by atoms with Gasteiger partial charge >= 0.3 is 6.03 Å². The summed E-state index contributed by atoms with van der Waals surface area (Å²) in [5.41, 5.74) is 0. The number of carbonyl (C=O) groups excluding carboxylic acids is 2. The van der Waals surface area contributed by atoms with Crippen LogP contribution >= 0.6 is 0 Å². The molecule has 0 aromatic rings. The average molecular weight is 271 g/mol. The van der Waals surface area contributed by atoms with Crippen LogP contribution in [-0.2, 0) is 4.79 Å². The summed E-state index contributed by atoms with van der Waals surface area (Å²) in [7, 11) is 3.43. The smallest absolute Gasteiger partial charge is 0.319 e. The van der Waals surface area contributed by atoms with E-state index < -0.39 is 0 Å². The number of aliphatic hydroxyl groups is 1. The minimum absolute atomic E-state index is 0.0463. The van der Waals surface area contributed by atoms with Gasteiger partial charge in [-0.2, -0.15) is 0 Å². The zero-order valence-corrected chi connectivity index (χ0v) is 12.1. The zero-order chi connectivity index (χ0) is 14.4. The summed E-state index contributed by atoms with van der Waals surface area (Å²) in [5, 5.41) is 11.9. The van der Waals surface area contributed by atoms with Crippen LogP contribution in [0.25, 0.3) is 0 Å². The normalized spacial score (nSPS) is 20.8. The highest BCUT2D eigenvalue weighted by atomic mass is 16.3. The van der Waals surface area contributed by atoms with E-state index in [1.165, 1.54) is 4.90 Å². The summed E-state index contributed by atoms with van der Waals surface area (Å²) in [4.78, 5) is 27.2. The van der Waals surface area contributed by atoms with Crippen molar-refractivity contribution in [3.63, 3.8) is 0 Å². The first kappa shape index (κ1) is 15.8. The number of nitrogens with zero attached hydrogens (tertiary/aromatic N) is 2. The van der Waals surface area contributed by atoms with Gasteiger partial charge in [0.05, 0.1) is 18.6 Å². The first-order chi connectivity index (χ1) is 8.99. The summed E-state index contributed by atoms with van der Waals surface area (Å²) in [6.07, 6.45) is 2.34. The van der Waals surface area contributed by atoms with E-state index in [1.807, 2.05) is 6.92 Å². The van der Waals surface area contributed by atoms with Crippen LogP contribution in [0.5, 0.6) is 0 Å². The second-order valence-corrected chi connectivity index (χ2v) is 5.26. The Balaban J connectivity index is 2.54. The van der Waals surface area contributed by atoms with E-state index in [4.69, 9.17) is 5.11 Å². The molecular weight excluding hydrogens is 246 g/mol. The first-order valence-electron chi connectivity index (χ1n) is 6.87. The summed E-state index contributed by atoms with van der Waals surface area (Å²) in [6.45, 7) is 3.04. The van der Waals surface area contributed by atoms with E-state index in [2.05, 4.69) is 5.32 Å². The van der Waals surface area contributed by atoms with Crippen molar-refractivity contribution in [3.05, 3.63) is 0 Å². The highest BCUT2D eigenvalue weighted by Crippen LogP contribution is 2.17. The third-order valence-corrected chi connectivity index (χ3v) is 3.50. The fourth-order valence-corrected chi connectivity index (χ4v) is 2.24. The molecule has 1 rings (SSSR count). The molecule has 1 saturated heterocycles. The van der Waals surface area contributed by atoms with Gasteiger partial charge in [0, 0.05) is 27.2 Å². The fourth-order valence-electron chi connectivity index (χ4n) is 2.24. The van der Waals surface area contributed by atoms with Gasteiger partial charge in [0.15, 0.2) is 0 Å². The number of urea groups is 1. The first-order valence-corrected chi connectivity index (χ1v) is 6.87. The van der Waals surface area contributed by atoms with E-state index >= 15 is 0 Å². The van der Waals surface area contributed by atoms with E-state index in [0.29, 0.717) is 19.5 Å². The van der Waals surface area contributed by atoms with Crippen molar-refractivity contribution in [1.82, 2.24) is 15.1 Å². The average Bonchev–Trinajstić information content (AvgIpc) is 2.43. The number of hydrogen-bond donors (Lipinski definition) is 2. The molecule has 1 aliphatic heterocycles. The number of aliphatic hydroxyl groups excluding tert-OH is 1. The maximum atomic E-state index is 12.1. The van der Waals surface area contributed by atoms with Crippen LogP contribution in [0.15, 0.2) is 0 Å². The van der Waals surface area contributed by atoms with Crippen LogP contribution in [0.3, 0.4) is 0 Å². The van der Waals surface area contributed by atoms with Crippen LogP contribution < -0.4 is 5.32 Å². The molecule has 0 radical (unpaired) electrons. The highest BCUT2D eigenvalue weighted by molar-refractivity contribution is 5.81. The number of hydrogen-bond acceptors (Lipinski definition) is 3. The second-order valence-electron chi connectivity index (χ2n) is 5.26. The molecule has 1 heterocycles. The van der Waals surface area contributed by atoms with Crippen LogP contribution in [0.4, 0.5) is 4.79 Å². The summed E-state index contributed by atoms with van der Waals surface area (Å²) < 4.78 is 0. The molecule has 0 bridgehead atoms. The monoisotopic (exact) mass is 271 g/mol. The maximum Gasteiger partial charge on any atom is 0.319 e. The molecule has 0 saturated carbocycles. The molecule has 0 aliphatic carbocycles. The van der Waals surface area contributed by atoms with Gasteiger partial charge in [0.1, 0.15) is 0 Å². The van der Waals surface area contributed by atoms with Crippen molar-refractivity contribution in [2.75, 3.05) is 33.8 Å². The predicted molar refractivity (Wildman–Crippen MR) is 72.7 cm³/mol. The number of carbonyl (C=O) groups is 2. The maximum absolute atomic E-state index is 12.1. The number of nitrogens with one attached hydrogen (secondary N) is 1. The van der Waals surface area contributed by atoms with Gasteiger partial charge in [-0.1, -0.05) is 6.92 Å². The van der Waals surface area contributed by atoms with Crippen molar-refractivity contribution in [1.29, 1.82) is 0 Å². The molecule has 0 aromatic heterocycles. The minimum Gasteiger partial charge on any atom is -0.394 e. The van der Waals surface area contributed by atoms with Crippen molar-refractivity contribution in [3.8, 4) is 0 Å². The molecule has 0 spiro atoms. The van der Waals surface area contributed by atoms with Crippen molar-refractivity contribution in [2.45, 2.75) is 32.2 Å². The number of rotatable bonds is 4. The topological polar surface area (TPSA) is 72.9 Å². The van der Waals surface area contributed by atoms with E-state index in [1.54, 1.807) is 19.0 Å². The molecule has 2 unspecified atom stereocenters. The lowest BCUT2D eigenvalue weighted by Crippen LogP contribution is -2.50. The summed E-state index contributed by atoms with van der Waals surface area (Å²) >= 11 is 0. The SMILES string of the molecule is CCC(CO)NC(=O)C1CCCN(C(=O)N(C)C)C1. The fraction of sp³-hybridized carbons (Fsp3) is 0.846. The molecule has 19 heavy (non-hydrogen) atoms. The van der Waals surface area contributed by atoms with Crippen molar-refractivity contribution in [2.24, 2.45) is 5.92 Å². The Bertz CT molecular complexity index is 316. The molecule has 1 aliphatic rings. The third kappa shape index (κ3) is 4.38. The van der Waals surface area contributed by atoms with Gasteiger partial charge in [-0.3, -0.25) is 4.79 Å². The lowest BCUT2D eigenvalue weighted by molar-refractivity contribution is -0.127. The Morgan fingerprint density at radius 3 is 2.68 bits per heavy atom. The van der Waals surface area contributed by atoms with E-state index in [0.717, 1.165) is 12.8 Å². The van der Waals surface area contributed by atoms with E-state index in [-0.39, 0.29) is 30.5 Å². The predicted octanol–water partition coefficient (Wildman–Crippen LogP) is 0.267. The van der Waals surface area contributed by atoms with Gasteiger partial charge in [-0.05, 0) is 19.3 Å². The Hall–Kier alpha value is -1.30. The van der Waals surface area contributed by atoms with Gasteiger partial charge in [-0.15, -0.1) is 0 Å². The number of amides is 3. The van der Waals surface area contributed by atoms with Crippen molar-refractivity contribution >= 4 is 11.9 Å². The van der Waals surface area contributed by atoms with Gasteiger partial charge in [0.25, 0.3) is 0 Å². The molecular formula is C13H25N3O3. The molecule has 0 aromatic carbocycles. The molecule has 6 heteroatoms. The largest absolute Gasteiger partial charge is 0.394 e. The second kappa shape index (κ2) is 7.33. The Morgan fingerprint density at radius 2 is 2.16 bits per heavy atom. The quantitative estimate of drug-likeness (QED) is 0.770. The lowest BCUT2D eigenvalue weighted by atomic mass is 9.97. The summed E-state index contributed by atoms with van der Waals surface area (Å²) in [6, 6.07) is -0.237. The Labute approximate surface area is 114 Å². The van der Waals surface area contributed by atoms with E-state index in [9.17, 15) is 9.59 Å². The van der Waals surface area contributed by atoms with Crippen LogP contribution in [0, 0.1) is 5.92 Å². The summed E-state index contributed by atoms with van der Waals surface area (Å²) in [5.74, 6) is -0.226. The minimum atomic E-state index is -0.188. The molecule has 2 atom stereocenters. The lowest BCUT2D eigenvalue weighted by Gasteiger charge is -2.34. The number of likely N-dealkylation sites (tertiary alicyclic amines) is 1. The molecule has 6 nitrogen and oxygen atoms in total. The highest BCUT2D eigenvalue weighted by Gasteiger charge is 2.29. The van der Waals surface area contributed by atoms with Crippen molar-refractivity contribution < 1.29 is 14.7 Å². The van der Waals surface area contributed by atoms with Gasteiger partial charge in [-0.25, -0.2) is 4.79 Å². The molecule has 110 valence electrons. The van der Waals surface area contributed by atoms with Crippen LogP contribution in [0.1, 0.15) is 26.2 Å². The van der Waals surface area contributed by atoms with Crippen LogP contribution in [0.2, 0.25) is 0 Å². The standard InChI is InChI=1S/C13H25N3O3/c1-4-11(9-17)14-12(18)10-6-5-7-16(8-10)13(19)15(2)3/h10-11,17H,4-9H2,1-3H3,(H,14,18). The number of piperidine rings is 1. The van der Waals surface area contributed by atoms with Gasteiger partial charge < -0.3 is 20.2 Å². The molecule has 3 amide bonds. The van der Waals surface area contributed by atoms with Gasteiger partial charge in [0.2, 0.25) is 5.91 Å². The Kier molecular flexibility index (Phi) is 6.08. The third-order valence-electron chi connectivity index (χ3n) is 3.50. The Morgan fingerprint density at radius 1 is 1.47 bits per heavy atom. The molecule has 2 N–H and O–H groups in total. The molecule has 1 fully saturated rings. The van der Waals surface area contributed by atoms with Crippen LogP contribution in [-0.4, -0.2) is 66.7 Å². The zero-order valence-electron chi connectivity index (χ0n) is 12.1.